The minimum atomic E-state index is -4.97. The molecule has 4 aromatic carbocycles. The second-order valence-corrected chi connectivity index (χ2v) is 65.1. The van der Waals surface area contributed by atoms with Gasteiger partial charge in [0.2, 0.25) is 0 Å². The molecule has 10 nitrogen and oxygen atoms in total. The molecule has 0 heterocycles. The van der Waals surface area contributed by atoms with Crippen LogP contribution in [0, 0.1) is 93.1 Å². The van der Waals surface area contributed by atoms with E-state index in [1.807, 2.05) is 55.4 Å². The van der Waals surface area contributed by atoms with Gasteiger partial charge >= 0.3 is 538 Å². The molecule has 0 spiro atoms. The third-order valence-electron chi connectivity index (χ3n) is 14.4. The molecule has 0 atom stereocenters. The Hall–Kier alpha value is -3.25. The van der Waals surface area contributed by atoms with E-state index in [0.29, 0.717) is 103 Å². The maximum atomic E-state index is 14.7. The average Bonchev–Trinajstić information content (AvgIpc) is 0.842. The Morgan fingerprint density at radius 2 is 0.400 bits per heavy atom. The summed E-state index contributed by atoms with van der Waals surface area (Å²) in [5, 5.41) is 0. The van der Waals surface area contributed by atoms with Crippen LogP contribution in [-0.2, 0) is 15.1 Å². The molecule has 4 rings (SSSR count). The number of hydrogen-bond donors (Lipinski definition) is 0. The van der Waals surface area contributed by atoms with Crippen LogP contribution in [0.2, 0.25) is 35.5 Å². The zero-order valence-corrected chi connectivity index (χ0v) is 62.8. The molecule has 30 heteroatoms. The summed E-state index contributed by atoms with van der Waals surface area (Å²) in [6.07, 6.45) is 8.28. The molecule has 0 saturated heterocycles. The van der Waals surface area contributed by atoms with Gasteiger partial charge in [-0.15, -0.1) is 0 Å². The van der Waals surface area contributed by atoms with E-state index in [4.69, 9.17) is 15.1 Å². The molecule has 0 aliphatic carbocycles. The predicted molar refractivity (Wildman–Crippen MR) is 310 cm³/mol. The fourth-order valence-electron chi connectivity index (χ4n) is 9.43. The van der Waals surface area contributed by atoms with Crippen molar-refractivity contribution in [3.63, 3.8) is 0 Å². The Labute approximate surface area is 534 Å². The first kappa shape index (κ1) is 81.0. The van der Waals surface area contributed by atoms with Crippen LogP contribution < -0.4 is 0 Å². The SMILES string of the molecule is CCC[CH2][Sn]([CH2]CCC)([O]C(=O)c1cc(F)c(F)c(F)c1F)[O][Sn]([CH2]CCC)([CH2]CCC)[O]C(=O)c1cc(F)c(F)c(F)c1F.CCC[CH2][Sn]([CH2]CCC)([O]C(=O)c1cc(F)c(F)c(F)c1F)[O][Sn]([CH2]CCC)([CH2]CCC)[O]C(=O)c1cc(F)c(F)c(F)c1F. The summed E-state index contributed by atoms with van der Waals surface area (Å²) < 4.78 is 264. The molecule has 0 radical (unpaired) electrons. The molecule has 0 unspecified atom stereocenters. The van der Waals surface area contributed by atoms with E-state index < -0.39 is 216 Å². The van der Waals surface area contributed by atoms with Crippen molar-refractivity contribution >= 4 is 101 Å². The van der Waals surface area contributed by atoms with E-state index in [0.717, 1.165) is 0 Å². The molecule has 0 fully saturated rings. The monoisotopic (exact) mass is 1740 g/mol. The van der Waals surface area contributed by atoms with Crippen LogP contribution in [0.15, 0.2) is 24.3 Å². The molecular formula is C60H76F16O10Sn4. The van der Waals surface area contributed by atoms with Gasteiger partial charge in [0.1, 0.15) is 0 Å². The number of carbonyl (C=O) groups is 4. The first-order chi connectivity index (χ1) is 42.4. The first-order valence-electron chi connectivity index (χ1n) is 30.1. The topological polar surface area (TPSA) is 124 Å². The minimum absolute atomic E-state index is 0.174. The van der Waals surface area contributed by atoms with Crippen molar-refractivity contribution in [1.29, 1.82) is 0 Å². The molecule has 0 N–H and O–H groups in total. The summed E-state index contributed by atoms with van der Waals surface area (Å²) in [6, 6.07) is 0.768. The zero-order valence-electron chi connectivity index (χ0n) is 51.4. The molecule has 90 heavy (non-hydrogen) atoms. The Balaban J connectivity index is 0.000000470. The predicted octanol–water partition coefficient (Wildman–Crippen LogP) is 19.8. The number of unbranched alkanes of at least 4 members (excludes halogenated alkanes) is 8. The molecule has 504 valence electrons. The standard InChI is InChI=1S/4C7H2F4O2.8C4H9.2O.4Sn/c4*8-3-1-2(7(12)13)4(9)6(11)5(3)10;8*1-3-4-2;;;;;;/h4*1H,(H,12,13);8*1,3-4H2,2H3;;;;;;/q;;;;;;;;;;;;;;4*+1/p-4. The van der Waals surface area contributed by atoms with Crippen molar-refractivity contribution < 1.29 is 105 Å². The Morgan fingerprint density at radius 1 is 0.256 bits per heavy atom. The van der Waals surface area contributed by atoms with E-state index in [-0.39, 0.29) is 59.8 Å². The van der Waals surface area contributed by atoms with Gasteiger partial charge in [-0.05, 0) is 0 Å². The summed E-state index contributed by atoms with van der Waals surface area (Å²) in [5.74, 6) is -38.1. The van der Waals surface area contributed by atoms with Crippen LogP contribution in [-0.4, -0.2) is 101 Å². The fourth-order valence-corrected chi connectivity index (χ4v) is 91.6. The van der Waals surface area contributed by atoms with Gasteiger partial charge < -0.3 is 0 Å². The Morgan fingerprint density at radius 3 is 0.533 bits per heavy atom. The fraction of sp³-hybridized carbons (Fsp3) is 0.533. The second kappa shape index (κ2) is 38.3. The van der Waals surface area contributed by atoms with Gasteiger partial charge in [-0.3, -0.25) is 0 Å². The first-order valence-corrected chi connectivity index (χ1v) is 55.6. The van der Waals surface area contributed by atoms with Gasteiger partial charge in [-0.25, -0.2) is 0 Å². The van der Waals surface area contributed by atoms with Gasteiger partial charge in [0.15, 0.2) is 0 Å². The molecule has 0 aliphatic heterocycles. The average molecular weight is 1740 g/mol. The molecule has 0 amide bonds. The van der Waals surface area contributed by atoms with E-state index in [1.54, 1.807) is 0 Å². The van der Waals surface area contributed by atoms with Crippen LogP contribution in [0.25, 0.3) is 0 Å². The van der Waals surface area contributed by atoms with Crippen molar-refractivity contribution in [2.24, 2.45) is 0 Å². The summed E-state index contributed by atoms with van der Waals surface area (Å²) in [6.45, 7) is 14.7. The molecule has 0 aromatic heterocycles. The van der Waals surface area contributed by atoms with Gasteiger partial charge in [-0.1, -0.05) is 0 Å². The Bertz CT molecular complexity index is 2660. The van der Waals surface area contributed by atoms with Gasteiger partial charge in [0.05, 0.1) is 0 Å². The second-order valence-electron chi connectivity index (χ2n) is 21.6. The van der Waals surface area contributed by atoms with Crippen LogP contribution in [0.4, 0.5) is 70.2 Å². The molecular weight excluding hydrogens is 1660 g/mol. The Kier molecular flexibility index (Phi) is 34.5. The number of halogens is 16. The normalized spacial score (nSPS) is 12.0. The van der Waals surface area contributed by atoms with Crippen molar-refractivity contribution in [2.45, 2.75) is 194 Å². The summed E-state index contributed by atoms with van der Waals surface area (Å²) >= 11 is -19.9. The molecule has 0 aliphatic rings. The summed E-state index contributed by atoms with van der Waals surface area (Å²) in [7, 11) is 0. The number of benzene rings is 4. The van der Waals surface area contributed by atoms with E-state index in [9.17, 15) is 89.4 Å². The molecule has 4 aromatic rings. The molecule has 0 bridgehead atoms. The van der Waals surface area contributed by atoms with Crippen molar-refractivity contribution in [3.8, 4) is 0 Å². The maximum absolute atomic E-state index is 14.7. The van der Waals surface area contributed by atoms with Gasteiger partial charge in [0, 0.05) is 0 Å². The van der Waals surface area contributed by atoms with E-state index in [2.05, 4.69) is 0 Å². The van der Waals surface area contributed by atoms with Crippen LogP contribution in [0.5, 0.6) is 0 Å². The number of rotatable bonds is 36. The zero-order chi connectivity index (χ0) is 67.9. The summed E-state index contributed by atoms with van der Waals surface area (Å²) in [4.78, 5) is 53.3. The quantitative estimate of drug-likeness (QED) is 0.0188. The molecule has 0 saturated carbocycles. The van der Waals surface area contributed by atoms with Gasteiger partial charge in [-0.2, -0.15) is 0 Å². The van der Waals surface area contributed by atoms with Crippen molar-refractivity contribution in [1.82, 2.24) is 0 Å². The van der Waals surface area contributed by atoms with E-state index in [1.165, 1.54) is 0 Å². The van der Waals surface area contributed by atoms with Crippen molar-refractivity contribution in [3.05, 3.63) is 140 Å². The number of hydrogen-bond acceptors (Lipinski definition) is 10. The third-order valence-corrected chi connectivity index (χ3v) is 79.0. The number of carbonyl (C=O) groups excluding carboxylic acids is 4. The van der Waals surface area contributed by atoms with E-state index >= 15 is 0 Å². The van der Waals surface area contributed by atoms with Crippen LogP contribution in [0.1, 0.15) is 200 Å². The third kappa shape index (κ3) is 21.9. The van der Waals surface area contributed by atoms with Gasteiger partial charge in [0.25, 0.3) is 0 Å². The summed E-state index contributed by atoms with van der Waals surface area (Å²) in [5.41, 5.74) is -4.71. The van der Waals surface area contributed by atoms with Crippen LogP contribution in [0.3, 0.4) is 0 Å². The van der Waals surface area contributed by atoms with Crippen LogP contribution >= 0.6 is 0 Å². The van der Waals surface area contributed by atoms with Crippen molar-refractivity contribution in [2.75, 3.05) is 0 Å².